The van der Waals surface area contributed by atoms with Crippen molar-refractivity contribution >= 4 is 0 Å². The Morgan fingerprint density at radius 3 is 2.08 bits per heavy atom. The lowest BCUT2D eigenvalue weighted by Crippen LogP contribution is -2.36. The SMILES string of the molecule is CC(C)C1CC(O)(F)C(C(C)C)O1. The lowest BCUT2D eigenvalue weighted by Gasteiger charge is -2.23. The summed E-state index contributed by atoms with van der Waals surface area (Å²) in [7, 11) is 0. The van der Waals surface area contributed by atoms with E-state index < -0.39 is 12.0 Å². The minimum absolute atomic E-state index is 0.0127. The highest BCUT2D eigenvalue weighted by molar-refractivity contribution is 4.91. The summed E-state index contributed by atoms with van der Waals surface area (Å²) in [5.41, 5.74) is 0. The summed E-state index contributed by atoms with van der Waals surface area (Å²) in [6, 6.07) is 0. The molecule has 0 aromatic heterocycles. The van der Waals surface area contributed by atoms with Crippen LogP contribution >= 0.6 is 0 Å². The van der Waals surface area contributed by atoms with E-state index in [0.717, 1.165) is 0 Å². The van der Waals surface area contributed by atoms with Crippen LogP contribution in [-0.4, -0.2) is 23.2 Å². The van der Waals surface area contributed by atoms with Crippen molar-refractivity contribution in [2.75, 3.05) is 0 Å². The molecule has 2 nitrogen and oxygen atoms in total. The molecule has 1 rings (SSSR count). The molecule has 0 spiro atoms. The predicted octanol–water partition coefficient (Wildman–Crippen LogP) is 2.11. The van der Waals surface area contributed by atoms with E-state index in [1.807, 2.05) is 27.7 Å². The number of hydrogen-bond donors (Lipinski definition) is 1. The van der Waals surface area contributed by atoms with Crippen molar-refractivity contribution in [3.63, 3.8) is 0 Å². The van der Waals surface area contributed by atoms with Crippen LogP contribution in [0.3, 0.4) is 0 Å². The van der Waals surface area contributed by atoms with E-state index >= 15 is 0 Å². The van der Waals surface area contributed by atoms with E-state index in [1.54, 1.807) is 0 Å². The molecule has 1 fully saturated rings. The third-order valence-corrected chi connectivity index (χ3v) is 2.59. The highest BCUT2D eigenvalue weighted by atomic mass is 19.2. The maximum absolute atomic E-state index is 13.6. The standard InChI is InChI=1S/C10H19FO2/c1-6(2)8-5-10(11,12)9(13-8)7(3)4/h6-9,12H,5H2,1-4H3. The van der Waals surface area contributed by atoms with Crippen molar-refractivity contribution in [2.45, 2.75) is 52.2 Å². The topological polar surface area (TPSA) is 29.5 Å². The van der Waals surface area contributed by atoms with Crippen LogP contribution < -0.4 is 0 Å². The van der Waals surface area contributed by atoms with Crippen LogP contribution in [0, 0.1) is 11.8 Å². The second-order valence-corrected chi connectivity index (χ2v) is 4.61. The van der Waals surface area contributed by atoms with Crippen LogP contribution in [-0.2, 0) is 4.74 Å². The van der Waals surface area contributed by atoms with Gasteiger partial charge in [0, 0.05) is 6.42 Å². The molecular weight excluding hydrogens is 171 g/mol. The summed E-state index contributed by atoms with van der Waals surface area (Å²) in [6.45, 7) is 7.67. The van der Waals surface area contributed by atoms with Crippen LogP contribution in [0.5, 0.6) is 0 Å². The Hall–Kier alpha value is -0.150. The molecule has 1 aliphatic heterocycles. The van der Waals surface area contributed by atoms with Gasteiger partial charge in [-0.2, -0.15) is 0 Å². The molecule has 0 aromatic carbocycles. The van der Waals surface area contributed by atoms with Crippen LogP contribution in [0.2, 0.25) is 0 Å². The Bertz CT molecular complexity index is 178. The number of alkyl halides is 1. The Kier molecular flexibility index (Phi) is 2.98. The molecule has 3 unspecified atom stereocenters. The number of aliphatic hydroxyl groups is 1. The van der Waals surface area contributed by atoms with Gasteiger partial charge in [-0.15, -0.1) is 0 Å². The van der Waals surface area contributed by atoms with Crippen molar-refractivity contribution in [3.8, 4) is 0 Å². The smallest absolute Gasteiger partial charge is 0.235 e. The monoisotopic (exact) mass is 190 g/mol. The number of ether oxygens (including phenoxy) is 1. The second kappa shape index (κ2) is 3.54. The summed E-state index contributed by atoms with van der Waals surface area (Å²) in [4.78, 5) is 0. The van der Waals surface area contributed by atoms with Crippen LogP contribution in [0.25, 0.3) is 0 Å². The maximum atomic E-state index is 13.6. The Morgan fingerprint density at radius 2 is 1.85 bits per heavy atom. The number of rotatable bonds is 2. The van der Waals surface area contributed by atoms with Crippen molar-refractivity contribution in [1.82, 2.24) is 0 Å². The van der Waals surface area contributed by atoms with E-state index in [1.165, 1.54) is 0 Å². The molecule has 0 amide bonds. The zero-order valence-electron chi connectivity index (χ0n) is 8.75. The first kappa shape index (κ1) is 10.9. The van der Waals surface area contributed by atoms with Crippen LogP contribution in [0.4, 0.5) is 4.39 Å². The van der Waals surface area contributed by atoms with Gasteiger partial charge in [0.05, 0.1) is 6.10 Å². The fourth-order valence-corrected chi connectivity index (χ4v) is 1.80. The molecule has 0 bridgehead atoms. The minimum atomic E-state index is -2.14. The highest BCUT2D eigenvalue weighted by Gasteiger charge is 2.49. The summed E-state index contributed by atoms with van der Waals surface area (Å²) in [5.74, 6) is -1.87. The van der Waals surface area contributed by atoms with Gasteiger partial charge >= 0.3 is 0 Å². The normalized spacial score (nSPS) is 40.6. The first-order valence-corrected chi connectivity index (χ1v) is 4.91. The quantitative estimate of drug-likeness (QED) is 0.722. The van der Waals surface area contributed by atoms with Crippen molar-refractivity contribution in [1.29, 1.82) is 0 Å². The van der Waals surface area contributed by atoms with Crippen LogP contribution in [0.15, 0.2) is 0 Å². The Morgan fingerprint density at radius 1 is 1.31 bits per heavy atom. The second-order valence-electron chi connectivity index (χ2n) is 4.61. The molecule has 1 saturated heterocycles. The molecule has 0 saturated carbocycles. The van der Waals surface area contributed by atoms with Gasteiger partial charge < -0.3 is 9.84 Å². The van der Waals surface area contributed by atoms with Gasteiger partial charge in [0.1, 0.15) is 6.10 Å². The van der Waals surface area contributed by atoms with Gasteiger partial charge in [0.2, 0.25) is 5.85 Å². The first-order valence-electron chi connectivity index (χ1n) is 4.91. The Balaban J connectivity index is 2.68. The molecule has 13 heavy (non-hydrogen) atoms. The zero-order valence-corrected chi connectivity index (χ0v) is 8.75. The minimum Gasteiger partial charge on any atom is -0.368 e. The van der Waals surface area contributed by atoms with E-state index in [4.69, 9.17) is 4.74 Å². The largest absolute Gasteiger partial charge is 0.368 e. The molecule has 1 N–H and O–H groups in total. The lowest BCUT2D eigenvalue weighted by molar-refractivity contribution is -0.150. The molecule has 0 radical (unpaired) electrons. The lowest BCUT2D eigenvalue weighted by atomic mass is 9.96. The fourth-order valence-electron chi connectivity index (χ4n) is 1.80. The van der Waals surface area contributed by atoms with Gasteiger partial charge in [-0.1, -0.05) is 27.7 Å². The third kappa shape index (κ3) is 2.20. The average molecular weight is 190 g/mol. The summed E-state index contributed by atoms with van der Waals surface area (Å²) in [5, 5.41) is 9.45. The van der Waals surface area contributed by atoms with Crippen molar-refractivity contribution < 1.29 is 14.2 Å². The number of halogens is 1. The Labute approximate surface area is 79.1 Å². The van der Waals surface area contributed by atoms with Gasteiger partial charge in [0.15, 0.2) is 0 Å². The average Bonchev–Trinajstić information content (AvgIpc) is 2.25. The third-order valence-electron chi connectivity index (χ3n) is 2.59. The van der Waals surface area contributed by atoms with E-state index in [9.17, 15) is 9.50 Å². The van der Waals surface area contributed by atoms with E-state index in [2.05, 4.69) is 0 Å². The van der Waals surface area contributed by atoms with Crippen molar-refractivity contribution in [3.05, 3.63) is 0 Å². The van der Waals surface area contributed by atoms with Crippen molar-refractivity contribution in [2.24, 2.45) is 11.8 Å². The van der Waals surface area contributed by atoms with E-state index in [-0.39, 0.29) is 24.4 Å². The first-order chi connectivity index (χ1) is 5.84. The predicted molar refractivity (Wildman–Crippen MR) is 49.0 cm³/mol. The zero-order chi connectivity index (χ0) is 10.2. The summed E-state index contributed by atoms with van der Waals surface area (Å²) in [6.07, 6.45) is -0.713. The molecule has 1 heterocycles. The van der Waals surface area contributed by atoms with E-state index in [0.29, 0.717) is 0 Å². The van der Waals surface area contributed by atoms with Gasteiger partial charge in [-0.25, -0.2) is 4.39 Å². The molecule has 0 aliphatic carbocycles. The molecule has 78 valence electrons. The van der Waals surface area contributed by atoms with Gasteiger partial charge in [0.25, 0.3) is 0 Å². The maximum Gasteiger partial charge on any atom is 0.235 e. The van der Waals surface area contributed by atoms with Gasteiger partial charge in [-0.05, 0) is 11.8 Å². The molecule has 1 aliphatic rings. The fraction of sp³-hybridized carbons (Fsp3) is 1.00. The van der Waals surface area contributed by atoms with Gasteiger partial charge in [-0.3, -0.25) is 0 Å². The molecular formula is C10H19FO2. The summed E-state index contributed by atoms with van der Waals surface area (Å²) >= 11 is 0. The summed E-state index contributed by atoms with van der Waals surface area (Å²) < 4.78 is 19.0. The molecule has 3 atom stereocenters. The molecule has 0 aromatic rings. The van der Waals surface area contributed by atoms with Crippen LogP contribution in [0.1, 0.15) is 34.1 Å². The number of hydrogen-bond acceptors (Lipinski definition) is 2. The highest BCUT2D eigenvalue weighted by Crippen LogP contribution is 2.38. The molecule has 3 heteroatoms.